The molecule has 0 saturated carbocycles. The fourth-order valence-electron chi connectivity index (χ4n) is 2.57. The van der Waals surface area contributed by atoms with Gasteiger partial charge < -0.3 is 19.1 Å². The first-order chi connectivity index (χ1) is 11.5. The van der Waals surface area contributed by atoms with Crippen LogP contribution >= 0.6 is 0 Å². The largest absolute Gasteiger partial charge is 0.493 e. The van der Waals surface area contributed by atoms with Crippen LogP contribution in [0.25, 0.3) is 6.08 Å². The Morgan fingerprint density at radius 3 is 2.83 bits per heavy atom. The van der Waals surface area contributed by atoms with E-state index in [1.54, 1.807) is 30.4 Å². The Morgan fingerprint density at radius 1 is 1.38 bits per heavy atom. The first kappa shape index (κ1) is 18.0. The smallest absolute Gasteiger partial charge is 0.308 e. The maximum absolute atomic E-state index is 12.4. The number of hydrogen-bond donors (Lipinski definition) is 0. The molecule has 1 aromatic rings. The fourth-order valence-corrected chi connectivity index (χ4v) is 2.57. The van der Waals surface area contributed by atoms with Gasteiger partial charge in [0, 0.05) is 19.5 Å². The summed E-state index contributed by atoms with van der Waals surface area (Å²) in [5, 5.41) is 0. The summed E-state index contributed by atoms with van der Waals surface area (Å²) >= 11 is 0. The Balaban J connectivity index is 2.10. The molecule has 0 N–H and O–H groups in total. The lowest BCUT2D eigenvalue weighted by atomic mass is 10.1. The zero-order chi connectivity index (χ0) is 17.5. The van der Waals surface area contributed by atoms with Crippen molar-refractivity contribution in [1.29, 1.82) is 0 Å². The van der Waals surface area contributed by atoms with Gasteiger partial charge in [0.25, 0.3) is 0 Å². The minimum Gasteiger partial charge on any atom is -0.493 e. The third-order valence-electron chi connectivity index (χ3n) is 3.84. The summed E-state index contributed by atoms with van der Waals surface area (Å²) in [4.78, 5) is 25.3. The van der Waals surface area contributed by atoms with Gasteiger partial charge in [-0.3, -0.25) is 9.59 Å². The van der Waals surface area contributed by atoms with Crippen molar-refractivity contribution < 1.29 is 23.8 Å². The number of morpholine rings is 1. The SMILES string of the molecule is CCC1COCCN1C(=O)C=Cc1ccc(OC(C)=O)c(OC)c1. The number of methoxy groups -OCH3 is 1. The van der Waals surface area contributed by atoms with Gasteiger partial charge >= 0.3 is 5.97 Å². The number of hydrogen-bond acceptors (Lipinski definition) is 5. The normalized spacial score (nSPS) is 17.8. The lowest BCUT2D eigenvalue weighted by Gasteiger charge is -2.34. The van der Waals surface area contributed by atoms with Gasteiger partial charge in [-0.2, -0.15) is 0 Å². The second kappa shape index (κ2) is 8.49. The van der Waals surface area contributed by atoms with Gasteiger partial charge in [-0.25, -0.2) is 0 Å². The predicted molar refractivity (Wildman–Crippen MR) is 89.9 cm³/mol. The molecule has 6 nitrogen and oxygen atoms in total. The van der Waals surface area contributed by atoms with E-state index in [4.69, 9.17) is 14.2 Å². The molecule has 1 aliphatic rings. The highest BCUT2D eigenvalue weighted by Crippen LogP contribution is 2.28. The summed E-state index contributed by atoms with van der Waals surface area (Å²) < 4.78 is 15.7. The van der Waals surface area contributed by atoms with E-state index in [0.29, 0.717) is 31.3 Å². The van der Waals surface area contributed by atoms with E-state index in [9.17, 15) is 9.59 Å². The molecule has 1 heterocycles. The quantitative estimate of drug-likeness (QED) is 0.470. The van der Waals surface area contributed by atoms with Crippen LogP contribution in [-0.4, -0.2) is 49.7 Å². The molecule has 0 aliphatic carbocycles. The molecule has 0 aromatic heterocycles. The van der Waals surface area contributed by atoms with Gasteiger partial charge in [-0.05, 0) is 30.2 Å². The van der Waals surface area contributed by atoms with Crippen LogP contribution in [-0.2, 0) is 14.3 Å². The molecule has 0 bridgehead atoms. The zero-order valence-corrected chi connectivity index (χ0v) is 14.3. The van der Waals surface area contributed by atoms with Crippen molar-refractivity contribution in [2.45, 2.75) is 26.3 Å². The molecule has 1 fully saturated rings. The topological polar surface area (TPSA) is 65.1 Å². The maximum Gasteiger partial charge on any atom is 0.308 e. The molecule has 0 spiro atoms. The van der Waals surface area contributed by atoms with Crippen LogP contribution in [0.3, 0.4) is 0 Å². The number of benzene rings is 1. The predicted octanol–water partition coefficient (Wildman–Crippen LogP) is 2.27. The molecule has 1 unspecified atom stereocenters. The molecule has 0 radical (unpaired) electrons. The third kappa shape index (κ3) is 4.58. The molecule has 1 aromatic carbocycles. The number of ether oxygens (including phenoxy) is 3. The maximum atomic E-state index is 12.4. The zero-order valence-electron chi connectivity index (χ0n) is 14.3. The molecule has 6 heteroatoms. The summed E-state index contributed by atoms with van der Waals surface area (Å²) in [5.41, 5.74) is 0.789. The van der Waals surface area contributed by atoms with Gasteiger partial charge in [-0.15, -0.1) is 0 Å². The highest BCUT2D eigenvalue weighted by atomic mass is 16.6. The highest BCUT2D eigenvalue weighted by Gasteiger charge is 2.24. The molecule has 1 saturated heterocycles. The third-order valence-corrected chi connectivity index (χ3v) is 3.84. The van der Waals surface area contributed by atoms with Crippen LogP contribution in [0.5, 0.6) is 11.5 Å². The van der Waals surface area contributed by atoms with E-state index in [1.807, 2.05) is 11.8 Å². The Hall–Kier alpha value is -2.34. The summed E-state index contributed by atoms with van der Waals surface area (Å²) in [5.74, 6) is 0.350. The van der Waals surface area contributed by atoms with E-state index in [2.05, 4.69) is 0 Å². The fraction of sp³-hybridized carbons (Fsp3) is 0.444. The van der Waals surface area contributed by atoms with Crippen LogP contribution in [0, 0.1) is 0 Å². The average molecular weight is 333 g/mol. The van der Waals surface area contributed by atoms with Crippen LogP contribution in [0.1, 0.15) is 25.8 Å². The van der Waals surface area contributed by atoms with Crippen molar-refractivity contribution in [1.82, 2.24) is 4.90 Å². The average Bonchev–Trinajstić information content (AvgIpc) is 2.60. The Morgan fingerprint density at radius 2 is 2.17 bits per heavy atom. The number of rotatable bonds is 5. The van der Waals surface area contributed by atoms with Crippen molar-refractivity contribution in [2.24, 2.45) is 0 Å². The minimum atomic E-state index is -0.412. The van der Waals surface area contributed by atoms with Gasteiger partial charge in [0.1, 0.15) is 0 Å². The highest BCUT2D eigenvalue weighted by molar-refractivity contribution is 5.92. The van der Waals surface area contributed by atoms with Crippen molar-refractivity contribution in [3.8, 4) is 11.5 Å². The van der Waals surface area contributed by atoms with Crippen LogP contribution in [0.4, 0.5) is 0 Å². The summed E-state index contributed by atoms with van der Waals surface area (Å²) in [6.07, 6.45) is 4.14. The number of nitrogens with zero attached hydrogens (tertiary/aromatic N) is 1. The molecule has 130 valence electrons. The molecule has 24 heavy (non-hydrogen) atoms. The van der Waals surface area contributed by atoms with Gasteiger partial charge in [0.05, 0.1) is 26.4 Å². The Labute approximate surface area is 142 Å². The van der Waals surface area contributed by atoms with Crippen molar-refractivity contribution in [3.63, 3.8) is 0 Å². The lowest BCUT2D eigenvalue weighted by Crippen LogP contribution is -2.47. The van der Waals surface area contributed by atoms with Crippen LogP contribution < -0.4 is 9.47 Å². The number of carbonyl (C=O) groups is 2. The molecule has 2 rings (SSSR count). The lowest BCUT2D eigenvalue weighted by molar-refractivity contribution is -0.134. The van der Waals surface area contributed by atoms with Gasteiger partial charge in [0.15, 0.2) is 11.5 Å². The molecular formula is C18H23NO5. The van der Waals surface area contributed by atoms with Crippen molar-refractivity contribution in [2.75, 3.05) is 26.9 Å². The van der Waals surface area contributed by atoms with Crippen molar-refractivity contribution >= 4 is 18.0 Å². The number of esters is 1. The first-order valence-electron chi connectivity index (χ1n) is 7.98. The van der Waals surface area contributed by atoms with E-state index in [-0.39, 0.29) is 11.9 Å². The number of carbonyl (C=O) groups excluding carboxylic acids is 2. The monoisotopic (exact) mass is 333 g/mol. The summed E-state index contributed by atoms with van der Waals surface area (Å²) in [6, 6.07) is 5.25. The molecular weight excluding hydrogens is 310 g/mol. The first-order valence-corrected chi connectivity index (χ1v) is 7.98. The molecule has 1 amide bonds. The van der Waals surface area contributed by atoms with Crippen molar-refractivity contribution in [3.05, 3.63) is 29.8 Å². The summed E-state index contributed by atoms with van der Waals surface area (Å²) in [7, 11) is 1.50. The number of amides is 1. The molecule has 1 atom stereocenters. The summed E-state index contributed by atoms with van der Waals surface area (Å²) in [6.45, 7) is 5.14. The second-order valence-corrected chi connectivity index (χ2v) is 5.51. The van der Waals surface area contributed by atoms with Crippen LogP contribution in [0.15, 0.2) is 24.3 Å². The Bertz CT molecular complexity index is 626. The van der Waals surface area contributed by atoms with E-state index < -0.39 is 5.97 Å². The van der Waals surface area contributed by atoms with Gasteiger partial charge in [0.2, 0.25) is 5.91 Å². The Kier molecular flexibility index (Phi) is 6.37. The van der Waals surface area contributed by atoms with E-state index in [1.165, 1.54) is 14.0 Å². The van der Waals surface area contributed by atoms with E-state index in [0.717, 1.165) is 12.0 Å². The second-order valence-electron chi connectivity index (χ2n) is 5.51. The van der Waals surface area contributed by atoms with Gasteiger partial charge in [-0.1, -0.05) is 13.0 Å². The van der Waals surface area contributed by atoms with Crippen LogP contribution in [0.2, 0.25) is 0 Å². The van der Waals surface area contributed by atoms with E-state index >= 15 is 0 Å². The minimum absolute atomic E-state index is 0.0341. The molecule has 1 aliphatic heterocycles. The standard InChI is InChI=1S/C18H23NO5/c1-4-15-12-23-10-9-19(15)18(21)8-6-14-5-7-16(24-13(2)20)17(11-14)22-3/h5-8,11,15H,4,9-10,12H2,1-3H3.